The van der Waals surface area contributed by atoms with Crippen molar-refractivity contribution in [3.63, 3.8) is 0 Å². The van der Waals surface area contributed by atoms with Crippen LogP contribution in [0.25, 0.3) is 11.2 Å². The predicted molar refractivity (Wildman–Crippen MR) is 125 cm³/mol. The fourth-order valence-electron chi connectivity index (χ4n) is 4.62. The third kappa shape index (κ3) is 4.99. The summed E-state index contributed by atoms with van der Waals surface area (Å²) in [6.45, 7) is 5.00. The summed E-state index contributed by atoms with van der Waals surface area (Å²) in [5.74, 6) is 1.56. The molecule has 2 aliphatic heterocycles. The van der Waals surface area contributed by atoms with Gasteiger partial charge in [0.1, 0.15) is 11.5 Å². The monoisotopic (exact) mass is 450 g/mol. The third-order valence-corrected chi connectivity index (χ3v) is 6.56. The van der Waals surface area contributed by atoms with Gasteiger partial charge in [0.2, 0.25) is 0 Å². The Labute approximate surface area is 192 Å². The lowest BCUT2D eigenvalue weighted by Gasteiger charge is -2.32. The molecule has 0 atom stereocenters. The summed E-state index contributed by atoms with van der Waals surface area (Å²) in [5.41, 5.74) is 3.50. The van der Waals surface area contributed by atoms with E-state index in [-0.39, 0.29) is 5.56 Å². The van der Waals surface area contributed by atoms with Crippen molar-refractivity contribution in [3.8, 4) is 11.5 Å². The number of ether oxygens (including phenoxy) is 2. The maximum absolute atomic E-state index is 12.5. The van der Waals surface area contributed by atoms with E-state index in [0.29, 0.717) is 29.5 Å². The molecule has 1 fully saturated rings. The van der Waals surface area contributed by atoms with E-state index in [2.05, 4.69) is 31.2 Å². The topological polar surface area (TPSA) is 94.4 Å². The number of aromatic nitrogens is 4. The molecule has 2 aliphatic rings. The number of hydrogen-bond donors (Lipinski definition) is 1. The van der Waals surface area contributed by atoms with Gasteiger partial charge in [0.15, 0.2) is 5.65 Å². The van der Waals surface area contributed by atoms with Gasteiger partial charge in [0.25, 0.3) is 5.56 Å². The number of rotatable bonds is 7. The van der Waals surface area contributed by atoms with Crippen molar-refractivity contribution in [3.05, 3.63) is 52.3 Å². The largest absolute Gasteiger partial charge is 0.495 e. The van der Waals surface area contributed by atoms with Crippen LogP contribution in [0.5, 0.6) is 11.5 Å². The number of nitrogens with zero attached hydrogens (tertiary/aromatic N) is 5. The number of likely N-dealkylation sites (tertiary alicyclic amines) is 1. The van der Waals surface area contributed by atoms with Crippen LogP contribution in [0.15, 0.2) is 35.5 Å². The van der Waals surface area contributed by atoms with Gasteiger partial charge >= 0.3 is 0 Å². The van der Waals surface area contributed by atoms with E-state index in [4.69, 9.17) is 9.47 Å². The smallest absolute Gasteiger partial charge is 0.269 e. The standard InChI is InChI=1S/C24H30N6O3/c1-32-20-12-21-24(27-14-20)28-16-23(31)30(21)9-8-29-6-4-18(5-7-29)25-13-19-11-17-3-2-10-33-22(17)15-26-19/h11-12,14-16,18,25H,2-10,13H2,1H3. The fraction of sp³-hybridized carbons (Fsp3) is 0.500. The van der Waals surface area contributed by atoms with Crippen molar-refractivity contribution in [1.82, 2.24) is 29.7 Å². The molecule has 1 saturated heterocycles. The zero-order chi connectivity index (χ0) is 22.6. The first-order chi connectivity index (χ1) is 16.2. The fourth-order valence-corrected chi connectivity index (χ4v) is 4.62. The van der Waals surface area contributed by atoms with Crippen molar-refractivity contribution >= 4 is 11.2 Å². The summed E-state index contributed by atoms with van der Waals surface area (Å²) in [7, 11) is 1.59. The van der Waals surface area contributed by atoms with Crippen LogP contribution in [-0.4, -0.2) is 63.8 Å². The molecule has 0 saturated carbocycles. The molecule has 0 aromatic carbocycles. The first kappa shape index (κ1) is 21.8. The van der Waals surface area contributed by atoms with Crippen LogP contribution in [-0.2, 0) is 19.5 Å². The van der Waals surface area contributed by atoms with E-state index >= 15 is 0 Å². The van der Waals surface area contributed by atoms with E-state index in [1.54, 1.807) is 17.9 Å². The highest BCUT2D eigenvalue weighted by Crippen LogP contribution is 2.24. The molecule has 174 valence electrons. The Morgan fingerprint density at radius 2 is 1.97 bits per heavy atom. The molecule has 5 rings (SSSR count). The highest BCUT2D eigenvalue weighted by molar-refractivity contribution is 5.71. The van der Waals surface area contributed by atoms with E-state index in [1.165, 1.54) is 11.8 Å². The summed E-state index contributed by atoms with van der Waals surface area (Å²) in [6, 6.07) is 4.48. The minimum Gasteiger partial charge on any atom is -0.495 e. The Hall–Kier alpha value is -3.04. The van der Waals surface area contributed by atoms with Crippen LogP contribution in [0.2, 0.25) is 0 Å². The normalized spacial score (nSPS) is 17.0. The Balaban J connectivity index is 1.13. The van der Waals surface area contributed by atoms with Gasteiger partial charge in [-0.2, -0.15) is 0 Å². The minimum absolute atomic E-state index is 0.114. The van der Waals surface area contributed by atoms with Crippen molar-refractivity contribution < 1.29 is 9.47 Å². The van der Waals surface area contributed by atoms with Crippen molar-refractivity contribution in [2.45, 2.75) is 44.8 Å². The Bertz CT molecular complexity index is 1170. The summed E-state index contributed by atoms with van der Waals surface area (Å²) in [6.07, 6.45) is 9.14. The molecular weight excluding hydrogens is 420 g/mol. The third-order valence-electron chi connectivity index (χ3n) is 6.56. The van der Waals surface area contributed by atoms with E-state index in [9.17, 15) is 4.79 Å². The number of fused-ring (bicyclic) bond motifs is 2. The zero-order valence-electron chi connectivity index (χ0n) is 19.0. The second-order valence-electron chi connectivity index (χ2n) is 8.70. The molecular formula is C24H30N6O3. The molecule has 33 heavy (non-hydrogen) atoms. The van der Waals surface area contributed by atoms with E-state index in [1.807, 2.05) is 12.3 Å². The van der Waals surface area contributed by atoms with Gasteiger partial charge in [-0.25, -0.2) is 9.97 Å². The lowest BCUT2D eigenvalue weighted by Crippen LogP contribution is -2.43. The predicted octanol–water partition coefficient (Wildman–Crippen LogP) is 1.77. The van der Waals surface area contributed by atoms with E-state index < -0.39 is 0 Å². The zero-order valence-corrected chi connectivity index (χ0v) is 19.0. The molecule has 9 nitrogen and oxygen atoms in total. The lowest BCUT2D eigenvalue weighted by molar-refractivity contribution is 0.191. The maximum atomic E-state index is 12.5. The minimum atomic E-state index is -0.114. The SMILES string of the molecule is COc1cnc2ncc(=O)n(CCN3CCC(NCc4cc5c(cn4)OCCC5)CC3)c2c1. The Morgan fingerprint density at radius 3 is 2.82 bits per heavy atom. The summed E-state index contributed by atoms with van der Waals surface area (Å²) < 4.78 is 12.7. The molecule has 0 amide bonds. The first-order valence-corrected chi connectivity index (χ1v) is 11.7. The van der Waals surface area contributed by atoms with E-state index in [0.717, 1.165) is 69.9 Å². The number of methoxy groups -OCH3 is 1. The highest BCUT2D eigenvalue weighted by atomic mass is 16.5. The van der Waals surface area contributed by atoms with Gasteiger partial charge in [-0.05, 0) is 50.4 Å². The van der Waals surface area contributed by atoms with Crippen LogP contribution >= 0.6 is 0 Å². The summed E-state index contributed by atoms with van der Waals surface area (Å²) >= 11 is 0. The molecule has 9 heteroatoms. The van der Waals surface area contributed by atoms with Gasteiger partial charge in [-0.15, -0.1) is 0 Å². The number of pyridine rings is 2. The summed E-state index contributed by atoms with van der Waals surface area (Å²) in [4.78, 5) is 27.9. The van der Waals surface area contributed by atoms with Gasteiger partial charge in [-0.3, -0.25) is 9.78 Å². The first-order valence-electron chi connectivity index (χ1n) is 11.7. The summed E-state index contributed by atoms with van der Waals surface area (Å²) in [5, 5.41) is 3.67. The van der Waals surface area contributed by atoms with Gasteiger partial charge in [-0.1, -0.05) is 0 Å². The van der Waals surface area contributed by atoms with Crippen LogP contribution in [0, 0.1) is 0 Å². The number of hydrogen-bond acceptors (Lipinski definition) is 8. The van der Waals surface area contributed by atoms with Crippen LogP contribution in [0.4, 0.5) is 0 Å². The molecule has 5 heterocycles. The molecule has 3 aromatic heterocycles. The van der Waals surface area contributed by atoms with Crippen molar-refractivity contribution in [2.24, 2.45) is 0 Å². The molecule has 0 spiro atoms. The number of piperidine rings is 1. The lowest BCUT2D eigenvalue weighted by atomic mass is 10.0. The highest BCUT2D eigenvalue weighted by Gasteiger charge is 2.20. The van der Waals surface area contributed by atoms with Crippen LogP contribution in [0.3, 0.4) is 0 Å². The Kier molecular flexibility index (Phi) is 6.50. The molecule has 0 unspecified atom stereocenters. The van der Waals surface area contributed by atoms with Crippen LogP contribution in [0.1, 0.15) is 30.5 Å². The number of nitrogens with one attached hydrogen (secondary N) is 1. The molecule has 0 aliphatic carbocycles. The maximum Gasteiger partial charge on any atom is 0.269 e. The van der Waals surface area contributed by atoms with Gasteiger partial charge in [0.05, 0.1) is 43.5 Å². The second kappa shape index (κ2) is 9.84. The molecule has 3 aromatic rings. The molecule has 0 bridgehead atoms. The Morgan fingerprint density at radius 1 is 1.12 bits per heavy atom. The van der Waals surface area contributed by atoms with Crippen molar-refractivity contribution in [2.75, 3.05) is 33.4 Å². The number of aryl methyl sites for hydroxylation is 1. The van der Waals surface area contributed by atoms with Gasteiger partial charge < -0.3 is 24.3 Å². The second-order valence-corrected chi connectivity index (χ2v) is 8.70. The average molecular weight is 451 g/mol. The quantitative estimate of drug-likeness (QED) is 0.582. The molecule has 1 N–H and O–H groups in total. The van der Waals surface area contributed by atoms with Gasteiger partial charge in [0, 0.05) is 31.7 Å². The van der Waals surface area contributed by atoms with Crippen molar-refractivity contribution in [1.29, 1.82) is 0 Å². The molecule has 0 radical (unpaired) electrons. The average Bonchev–Trinajstić information content (AvgIpc) is 2.87. The van der Waals surface area contributed by atoms with Crippen LogP contribution < -0.4 is 20.3 Å².